The van der Waals surface area contributed by atoms with Crippen LogP contribution in [0.1, 0.15) is 84.0 Å². The minimum atomic E-state index is -1.04. The summed E-state index contributed by atoms with van der Waals surface area (Å²) >= 11 is 0. The van der Waals surface area contributed by atoms with E-state index in [-0.39, 0.29) is 0 Å². The van der Waals surface area contributed by atoms with Crippen LogP contribution in [0.15, 0.2) is 96.5 Å². The Morgan fingerprint density at radius 2 is 1.07 bits per heavy atom. The highest BCUT2D eigenvalue weighted by Gasteiger charge is 2.47. The van der Waals surface area contributed by atoms with Gasteiger partial charge >= 0.3 is 15.8 Å². The zero-order chi connectivity index (χ0) is 27.9. The Labute approximate surface area is 247 Å². The van der Waals surface area contributed by atoms with Crippen LogP contribution in [0.4, 0.5) is 0 Å². The molecule has 0 aromatic heterocycles. The lowest BCUT2D eigenvalue weighted by Gasteiger charge is -2.18. The summed E-state index contributed by atoms with van der Waals surface area (Å²) in [5.74, 6) is 2.08. The van der Waals surface area contributed by atoms with Crippen molar-refractivity contribution < 1.29 is 9.05 Å². The van der Waals surface area contributed by atoms with Gasteiger partial charge in [-0.05, 0) is 55.7 Å². The van der Waals surface area contributed by atoms with E-state index in [1.165, 1.54) is 89.2 Å². The first-order valence-electron chi connectivity index (χ1n) is 15.7. The Morgan fingerprint density at radius 3 is 1.59 bits per heavy atom. The highest BCUT2D eigenvalue weighted by Crippen LogP contribution is 2.54. The van der Waals surface area contributed by atoms with Gasteiger partial charge in [-0.1, -0.05) is 113 Å². The van der Waals surface area contributed by atoms with E-state index in [4.69, 9.17) is 9.05 Å². The number of hydrogen-bond donors (Lipinski definition) is 0. The largest absolute Gasteiger partial charge is 0.456 e. The van der Waals surface area contributed by atoms with Crippen LogP contribution in [0.5, 0.6) is 0 Å². The molecule has 4 aliphatic rings. The molecular formula is C36H43NO2P2+2. The molecule has 0 spiro atoms. The zero-order valence-electron chi connectivity index (χ0n) is 24.4. The minimum Gasteiger partial charge on any atom is -0.266 e. The topological polar surface area (TPSA) is 21.7 Å². The lowest BCUT2D eigenvalue weighted by Crippen LogP contribution is -2.23. The molecule has 212 valence electrons. The van der Waals surface area contributed by atoms with Crippen LogP contribution in [0.25, 0.3) is 11.1 Å². The fourth-order valence-electron chi connectivity index (χ4n) is 6.16. The Hall–Kier alpha value is -2.70. The van der Waals surface area contributed by atoms with Crippen LogP contribution in [0, 0.1) is 9.88 Å². The molecule has 0 saturated carbocycles. The fourth-order valence-corrected chi connectivity index (χ4v) is 11.0. The molecule has 0 bridgehead atoms. The highest BCUT2D eigenvalue weighted by atomic mass is 31.2. The average Bonchev–Trinajstić information content (AvgIpc) is 3.03. The summed E-state index contributed by atoms with van der Waals surface area (Å²) in [4.78, 5) is 2.65. The third-order valence-electron chi connectivity index (χ3n) is 8.38. The molecule has 6 rings (SSSR count). The lowest BCUT2D eigenvalue weighted by atomic mass is 10.0. The summed E-state index contributed by atoms with van der Waals surface area (Å²) in [7, 11) is -2.09. The molecule has 0 amide bonds. The molecule has 41 heavy (non-hydrogen) atoms. The second-order valence-corrected chi connectivity index (χ2v) is 15.0. The van der Waals surface area contributed by atoms with Gasteiger partial charge in [0.2, 0.25) is 9.88 Å². The van der Waals surface area contributed by atoms with Gasteiger partial charge in [0.15, 0.2) is 11.5 Å². The first-order valence-corrected chi connectivity index (χ1v) is 18.2. The van der Waals surface area contributed by atoms with Gasteiger partial charge in [0.1, 0.15) is 4.44 Å². The predicted octanol–water partition coefficient (Wildman–Crippen LogP) is 9.78. The number of allylic oxidation sites excluding steroid dienone is 8. The standard InChI is InChI=1S/C36H43NO2P2/c1-2-3-4-5-6-7-8-9-10-19-28-37(40-35-26-17-13-22-31(35)29-20-11-15-24-33(29)38-40)41-36-27-18-14-23-32(36)30-21-12-16-25-34(30)39-41/h11-18,22-27H,2-10,19-21,28H2,1H3/q+2. The summed E-state index contributed by atoms with van der Waals surface area (Å²) in [5.41, 5.74) is 2.63. The summed E-state index contributed by atoms with van der Waals surface area (Å²) in [5, 5.41) is 2.70. The van der Waals surface area contributed by atoms with Gasteiger partial charge in [-0.2, -0.15) is 0 Å². The minimum absolute atomic E-state index is 0.927. The Morgan fingerprint density at radius 1 is 0.610 bits per heavy atom. The smallest absolute Gasteiger partial charge is 0.266 e. The van der Waals surface area contributed by atoms with E-state index in [1.54, 1.807) is 0 Å². The number of hydrogen-bond acceptors (Lipinski definition) is 3. The van der Waals surface area contributed by atoms with Crippen LogP contribution in [-0.4, -0.2) is 11.0 Å². The average molecular weight is 584 g/mol. The molecule has 0 saturated heterocycles. The lowest BCUT2D eigenvalue weighted by molar-refractivity contribution is 0.424. The van der Waals surface area contributed by atoms with E-state index in [0.29, 0.717) is 0 Å². The molecule has 2 atom stereocenters. The van der Waals surface area contributed by atoms with Crippen molar-refractivity contribution in [3.8, 4) is 0 Å². The molecule has 0 fully saturated rings. The third kappa shape index (κ3) is 6.39. The van der Waals surface area contributed by atoms with Crippen LogP contribution in [0.2, 0.25) is 0 Å². The van der Waals surface area contributed by atoms with Crippen LogP contribution in [-0.2, 0) is 9.05 Å². The van der Waals surface area contributed by atoms with Gasteiger partial charge in [0.25, 0.3) is 0 Å². The van der Waals surface area contributed by atoms with E-state index in [1.807, 2.05) is 0 Å². The van der Waals surface area contributed by atoms with Gasteiger partial charge in [0, 0.05) is 21.6 Å². The quantitative estimate of drug-likeness (QED) is 0.173. The Balaban J connectivity index is 1.34. The normalized spacial score (nSPS) is 18.6. The van der Waals surface area contributed by atoms with Gasteiger partial charge < -0.3 is 0 Å². The van der Waals surface area contributed by atoms with E-state index >= 15 is 0 Å². The Kier molecular flexibility index (Phi) is 9.69. The number of nitrogens with zero attached hydrogens (tertiary/aromatic N) is 1. The van der Waals surface area contributed by atoms with Crippen LogP contribution >= 0.6 is 15.8 Å². The first-order chi connectivity index (χ1) is 20.3. The summed E-state index contributed by atoms with van der Waals surface area (Å²) in [6.07, 6.45) is 28.3. The van der Waals surface area contributed by atoms with Gasteiger partial charge in [-0.3, -0.25) is 9.05 Å². The molecule has 2 aliphatic heterocycles. The number of unbranched alkanes of at least 4 members (excludes halogenated alkanes) is 9. The number of benzene rings is 2. The molecule has 0 radical (unpaired) electrons. The van der Waals surface area contributed by atoms with E-state index in [2.05, 4.69) is 96.4 Å². The summed E-state index contributed by atoms with van der Waals surface area (Å²) in [6.45, 7) is 3.27. The van der Waals surface area contributed by atoms with Crippen molar-refractivity contribution >= 4 is 27.0 Å². The van der Waals surface area contributed by atoms with Crippen molar-refractivity contribution in [1.29, 1.82) is 0 Å². The van der Waals surface area contributed by atoms with E-state index in [0.717, 1.165) is 37.3 Å². The predicted molar refractivity (Wildman–Crippen MR) is 175 cm³/mol. The summed E-state index contributed by atoms with van der Waals surface area (Å²) in [6, 6.07) is 17.9. The van der Waals surface area contributed by atoms with Crippen molar-refractivity contribution in [3.05, 3.63) is 117 Å². The van der Waals surface area contributed by atoms with Crippen LogP contribution < -0.4 is 10.4 Å². The van der Waals surface area contributed by atoms with Crippen LogP contribution in [0.3, 0.4) is 0 Å². The summed E-state index contributed by atoms with van der Waals surface area (Å²) < 4.78 is 16.6. The third-order valence-corrected chi connectivity index (χ3v) is 12.9. The Bertz CT molecular complexity index is 1540. The SMILES string of the molecule is CCCCCCCCCCCCN([P+]1=c2ccccc2=C2CC=CC=C2O1)[P+]1=c2ccccc2=C2CC=CC=C2O1. The zero-order valence-corrected chi connectivity index (χ0v) is 26.2. The van der Waals surface area contributed by atoms with Gasteiger partial charge in [-0.15, -0.1) is 0 Å². The van der Waals surface area contributed by atoms with Crippen molar-refractivity contribution in [2.45, 2.75) is 84.0 Å². The first kappa shape index (κ1) is 28.4. The molecule has 3 nitrogen and oxygen atoms in total. The highest BCUT2D eigenvalue weighted by molar-refractivity contribution is 7.57. The van der Waals surface area contributed by atoms with Gasteiger partial charge in [0.05, 0.1) is 6.54 Å². The second kappa shape index (κ2) is 14.0. The molecule has 5 heteroatoms. The molecule has 2 heterocycles. The molecule has 2 aromatic carbocycles. The maximum absolute atomic E-state index is 6.99. The monoisotopic (exact) mass is 583 g/mol. The maximum Gasteiger partial charge on any atom is 0.456 e. The fraction of sp³-hybridized carbons (Fsp3) is 0.389. The van der Waals surface area contributed by atoms with Gasteiger partial charge in [-0.25, -0.2) is 0 Å². The van der Waals surface area contributed by atoms with Crippen molar-refractivity contribution in [2.75, 3.05) is 6.54 Å². The molecule has 0 N–H and O–H groups in total. The molecule has 2 aliphatic carbocycles. The maximum atomic E-state index is 6.99. The number of rotatable bonds is 13. The van der Waals surface area contributed by atoms with Crippen molar-refractivity contribution in [3.63, 3.8) is 0 Å². The van der Waals surface area contributed by atoms with Crippen molar-refractivity contribution in [2.24, 2.45) is 0 Å². The van der Waals surface area contributed by atoms with E-state index < -0.39 is 15.8 Å². The number of fused-ring (bicyclic) bond motifs is 4. The molecular weight excluding hydrogens is 540 g/mol. The van der Waals surface area contributed by atoms with Crippen molar-refractivity contribution in [1.82, 2.24) is 4.44 Å². The van der Waals surface area contributed by atoms with E-state index in [9.17, 15) is 0 Å². The molecule has 2 aromatic rings. The molecule has 2 unspecified atom stereocenters. The second-order valence-electron chi connectivity index (χ2n) is 11.3.